The third-order valence-electron chi connectivity index (χ3n) is 4.33. The van der Waals surface area contributed by atoms with E-state index in [0.29, 0.717) is 5.56 Å². The number of hydrogen-bond donors (Lipinski definition) is 0. The number of Topliss-reactive ketones (excluding diaryl/α,β-unsaturated/α-hetero) is 1. The molecule has 0 fully saturated rings. The van der Waals surface area contributed by atoms with Crippen molar-refractivity contribution in [2.45, 2.75) is 30.4 Å². The van der Waals surface area contributed by atoms with E-state index in [1.165, 1.54) is 6.26 Å². The zero-order valence-electron chi connectivity index (χ0n) is 14.7. The molecule has 1 unspecified atom stereocenters. The summed E-state index contributed by atoms with van der Waals surface area (Å²) < 4.78 is 31.7. The fourth-order valence-corrected chi connectivity index (χ4v) is 4.41. The van der Waals surface area contributed by atoms with Gasteiger partial charge in [0.25, 0.3) is 0 Å². The van der Waals surface area contributed by atoms with Gasteiger partial charge in [-0.05, 0) is 38.1 Å². The van der Waals surface area contributed by atoms with E-state index >= 15 is 0 Å². The van der Waals surface area contributed by atoms with Crippen LogP contribution in [0.2, 0.25) is 0 Å². The lowest BCUT2D eigenvalue weighted by molar-refractivity contribution is 0.0978. The van der Waals surface area contributed by atoms with Crippen LogP contribution in [0.25, 0.3) is 0 Å². The number of rotatable bonds is 6. The van der Waals surface area contributed by atoms with Crippen molar-refractivity contribution in [3.63, 3.8) is 0 Å². The van der Waals surface area contributed by atoms with Crippen LogP contribution in [-0.4, -0.2) is 14.2 Å². The summed E-state index contributed by atoms with van der Waals surface area (Å²) in [4.78, 5) is 12.9. The van der Waals surface area contributed by atoms with Crippen molar-refractivity contribution in [3.8, 4) is 0 Å². The molecule has 0 aliphatic carbocycles. The Morgan fingerprint density at radius 2 is 1.50 bits per heavy atom. The van der Waals surface area contributed by atoms with Crippen LogP contribution in [-0.2, 0) is 9.84 Å². The number of benzene rings is 2. The summed E-state index contributed by atoms with van der Waals surface area (Å²) in [7, 11) is -3.77. The molecule has 0 amide bonds. The lowest BCUT2D eigenvalue weighted by atomic mass is 10.0. The standard InChI is InChI=1S/C21H20O4S/c1-15-5-9-17(10-6-15)19(22)14-21(20-4-3-13-25-20)26(23,24)18-11-7-16(2)8-12-18/h3-13,21H,14H2,1-2H3. The van der Waals surface area contributed by atoms with Gasteiger partial charge in [0, 0.05) is 12.0 Å². The second-order valence-electron chi connectivity index (χ2n) is 6.36. The minimum atomic E-state index is -3.77. The first-order valence-electron chi connectivity index (χ1n) is 8.32. The van der Waals surface area contributed by atoms with Crippen molar-refractivity contribution >= 4 is 15.6 Å². The Labute approximate surface area is 153 Å². The lowest BCUT2D eigenvalue weighted by Gasteiger charge is -2.15. The molecular formula is C21H20O4S. The molecule has 0 saturated heterocycles. The van der Waals surface area contributed by atoms with Gasteiger partial charge in [-0.1, -0.05) is 47.5 Å². The first-order valence-corrected chi connectivity index (χ1v) is 9.86. The molecule has 0 bridgehead atoms. The molecule has 0 radical (unpaired) electrons. The maximum atomic E-state index is 13.2. The van der Waals surface area contributed by atoms with Gasteiger partial charge in [0.1, 0.15) is 11.0 Å². The zero-order valence-corrected chi connectivity index (χ0v) is 15.5. The number of sulfone groups is 1. The third kappa shape index (κ3) is 3.78. The maximum Gasteiger partial charge on any atom is 0.188 e. The van der Waals surface area contributed by atoms with Crippen molar-refractivity contribution < 1.29 is 17.6 Å². The molecule has 3 aromatic rings. The highest BCUT2D eigenvalue weighted by Gasteiger charge is 2.33. The average Bonchev–Trinajstić information content (AvgIpc) is 3.14. The minimum absolute atomic E-state index is 0.174. The van der Waals surface area contributed by atoms with E-state index < -0.39 is 15.1 Å². The summed E-state index contributed by atoms with van der Waals surface area (Å²) in [5.74, 6) is 0.0353. The van der Waals surface area contributed by atoms with E-state index in [4.69, 9.17) is 4.42 Å². The van der Waals surface area contributed by atoms with Gasteiger partial charge in [0.15, 0.2) is 15.6 Å². The van der Waals surface area contributed by atoms with Gasteiger partial charge in [-0.2, -0.15) is 0 Å². The number of carbonyl (C=O) groups excluding carboxylic acids is 1. The van der Waals surface area contributed by atoms with Gasteiger partial charge in [0.2, 0.25) is 0 Å². The maximum absolute atomic E-state index is 13.2. The molecule has 1 heterocycles. The molecule has 0 spiro atoms. The van der Waals surface area contributed by atoms with Crippen LogP contribution in [0.4, 0.5) is 0 Å². The van der Waals surface area contributed by atoms with E-state index in [1.54, 1.807) is 48.5 Å². The van der Waals surface area contributed by atoms with Crippen LogP contribution in [0.3, 0.4) is 0 Å². The first kappa shape index (κ1) is 18.1. The van der Waals surface area contributed by atoms with E-state index in [2.05, 4.69) is 0 Å². The molecule has 0 saturated carbocycles. The third-order valence-corrected chi connectivity index (χ3v) is 6.41. The molecule has 0 aliphatic rings. The molecule has 0 N–H and O–H groups in total. The van der Waals surface area contributed by atoms with Crippen molar-refractivity contribution in [1.29, 1.82) is 0 Å². The van der Waals surface area contributed by atoms with E-state index in [-0.39, 0.29) is 22.9 Å². The predicted octanol–water partition coefficient (Wildman–Crippen LogP) is 4.68. The van der Waals surface area contributed by atoms with Crippen LogP contribution in [0.5, 0.6) is 0 Å². The van der Waals surface area contributed by atoms with Crippen LogP contribution in [0, 0.1) is 13.8 Å². The highest BCUT2D eigenvalue weighted by Crippen LogP contribution is 2.33. The average molecular weight is 368 g/mol. The van der Waals surface area contributed by atoms with E-state index in [0.717, 1.165) is 11.1 Å². The minimum Gasteiger partial charge on any atom is -0.468 e. The Morgan fingerprint density at radius 1 is 0.923 bits per heavy atom. The smallest absolute Gasteiger partial charge is 0.188 e. The first-order chi connectivity index (χ1) is 12.4. The summed E-state index contributed by atoms with van der Waals surface area (Å²) in [5, 5.41) is -1.06. The van der Waals surface area contributed by atoms with Crippen LogP contribution < -0.4 is 0 Å². The van der Waals surface area contributed by atoms with Gasteiger partial charge in [-0.15, -0.1) is 0 Å². The molecule has 0 aliphatic heterocycles. The van der Waals surface area contributed by atoms with Crippen molar-refractivity contribution in [2.75, 3.05) is 0 Å². The van der Waals surface area contributed by atoms with Crippen molar-refractivity contribution in [3.05, 3.63) is 89.4 Å². The van der Waals surface area contributed by atoms with Crippen LogP contribution in [0.1, 0.15) is 38.9 Å². The number of ketones is 1. The number of carbonyl (C=O) groups is 1. The number of aryl methyl sites for hydroxylation is 2. The topological polar surface area (TPSA) is 64.3 Å². The monoisotopic (exact) mass is 368 g/mol. The zero-order chi connectivity index (χ0) is 18.7. The molecule has 26 heavy (non-hydrogen) atoms. The van der Waals surface area contributed by atoms with Gasteiger partial charge in [-0.25, -0.2) is 8.42 Å². The Hall–Kier alpha value is -2.66. The Kier molecular flexibility index (Phi) is 5.09. The fourth-order valence-electron chi connectivity index (χ4n) is 2.76. The Morgan fingerprint density at radius 3 is 2.04 bits per heavy atom. The predicted molar refractivity (Wildman–Crippen MR) is 99.9 cm³/mol. The van der Waals surface area contributed by atoms with Crippen LogP contribution in [0.15, 0.2) is 76.2 Å². The molecule has 1 atom stereocenters. The molecule has 3 rings (SSSR count). The number of hydrogen-bond acceptors (Lipinski definition) is 4. The molecular weight excluding hydrogens is 348 g/mol. The van der Waals surface area contributed by atoms with Crippen molar-refractivity contribution in [2.24, 2.45) is 0 Å². The van der Waals surface area contributed by atoms with Gasteiger partial charge < -0.3 is 4.42 Å². The number of furan rings is 1. The van der Waals surface area contributed by atoms with Gasteiger partial charge in [0.05, 0.1) is 11.2 Å². The van der Waals surface area contributed by atoms with Crippen molar-refractivity contribution in [1.82, 2.24) is 0 Å². The van der Waals surface area contributed by atoms with Gasteiger partial charge >= 0.3 is 0 Å². The molecule has 2 aromatic carbocycles. The van der Waals surface area contributed by atoms with E-state index in [9.17, 15) is 13.2 Å². The lowest BCUT2D eigenvalue weighted by Crippen LogP contribution is -2.17. The normalized spacial score (nSPS) is 12.7. The quantitative estimate of drug-likeness (QED) is 0.592. The van der Waals surface area contributed by atoms with E-state index in [1.807, 2.05) is 26.0 Å². The SMILES string of the molecule is Cc1ccc(C(=O)CC(c2ccco2)S(=O)(=O)c2ccc(C)cc2)cc1. The second-order valence-corrected chi connectivity index (χ2v) is 8.49. The highest BCUT2D eigenvalue weighted by atomic mass is 32.2. The summed E-state index contributed by atoms with van der Waals surface area (Å²) in [5.41, 5.74) is 2.50. The van der Waals surface area contributed by atoms with Gasteiger partial charge in [-0.3, -0.25) is 4.79 Å². The molecule has 134 valence electrons. The Bertz CT molecular complexity index is 983. The Balaban J connectivity index is 1.97. The summed E-state index contributed by atoms with van der Waals surface area (Å²) in [6.45, 7) is 3.82. The summed E-state index contributed by atoms with van der Waals surface area (Å²) in [6, 6.07) is 17.0. The van der Waals surface area contributed by atoms with Crippen LogP contribution >= 0.6 is 0 Å². The second kappa shape index (κ2) is 7.30. The molecule has 1 aromatic heterocycles. The molecule has 4 nitrogen and oxygen atoms in total. The fraction of sp³-hybridized carbons (Fsp3) is 0.190. The summed E-state index contributed by atoms with van der Waals surface area (Å²) >= 11 is 0. The largest absolute Gasteiger partial charge is 0.468 e. The summed E-state index contributed by atoms with van der Waals surface area (Å²) in [6.07, 6.45) is 1.25. The molecule has 5 heteroatoms. The highest BCUT2D eigenvalue weighted by molar-refractivity contribution is 7.91.